The molecule has 182 valence electrons. The number of benzene rings is 2. The molecule has 0 bridgehead atoms. The highest BCUT2D eigenvalue weighted by Gasteiger charge is 2.46. The van der Waals surface area contributed by atoms with Crippen LogP contribution in [0.2, 0.25) is 0 Å². The Kier molecular flexibility index (Phi) is 8.54. The van der Waals surface area contributed by atoms with Crippen molar-refractivity contribution in [2.24, 2.45) is 0 Å². The van der Waals surface area contributed by atoms with E-state index >= 15 is 0 Å². The van der Waals surface area contributed by atoms with Crippen molar-refractivity contribution in [2.45, 2.75) is 26.3 Å². The Hall–Kier alpha value is -3.52. The van der Waals surface area contributed by atoms with Gasteiger partial charge in [0.25, 0.3) is 11.7 Å². The van der Waals surface area contributed by atoms with Crippen molar-refractivity contribution in [3.05, 3.63) is 59.2 Å². The second kappa shape index (κ2) is 11.6. The van der Waals surface area contributed by atoms with Gasteiger partial charge >= 0.3 is 0 Å². The third kappa shape index (κ3) is 5.17. The molecule has 0 radical (unpaired) electrons. The molecule has 1 aliphatic rings. The van der Waals surface area contributed by atoms with Crippen LogP contribution in [-0.4, -0.2) is 62.3 Å². The van der Waals surface area contributed by atoms with Crippen LogP contribution in [0.4, 0.5) is 0 Å². The van der Waals surface area contributed by atoms with Crippen molar-refractivity contribution in [1.29, 1.82) is 0 Å². The Morgan fingerprint density at radius 1 is 0.971 bits per heavy atom. The first-order chi connectivity index (χ1) is 16.5. The largest absolute Gasteiger partial charge is 0.507 e. The number of likely N-dealkylation sites (tertiary alicyclic amines) is 1. The van der Waals surface area contributed by atoms with Crippen LogP contribution in [-0.2, 0) is 14.3 Å². The van der Waals surface area contributed by atoms with E-state index in [2.05, 4.69) is 0 Å². The van der Waals surface area contributed by atoms with Gasteiger partial charge in [0.1, 0.15) is 11.5 Å². The van der Waals surface area contributed by atoms with E-state index in [0.29, 0.717) is 61.2 Å². The molecular weight excluding hydrogens is 438 g/mol. The second-order valence-electron chi connectivity index (χ2n) is 7.64. The molecule has 2 aromatic carbocycles. The molecule has 34 heavy (non-hydrogen) atoms. The molecule has 8 heteroatoms. The van der Waals surface area contributed by atoms with Crippen molar-refractivity contribution in [2.75, 3.05) is 40.6 Å². The van der Waals surface area contributed by atoms with Crippen molar-refractivity contribution in [1.82, 2.24) is 4.90 Å². The fourth-order valence-corrected chi connectivity index (χ4v) is 4.00. The second-order valence-corrected chi connectivity index (χ2v) is 7.64. The first kappa shape index (κ1) is 25.1. The SMILES string of the molecule is CCOc1ccc(C(O)=C2C(=O)C(=O)N(CCCOC)[C@@H]2c2ccc(OCC)c(OC)c2)cc1. The summed E-state index contributed by atoms with van der Waals surface area (Å²) < 4.78 is 21.7. The maximum Gasteiger partial charge on any atom is 0.295 e. The van der Waals surface area contributed by atoms with Crippen LogP contribution in [0.3, 0.4) is 0 Å². The number of rotatable bonds is 11. The lowest BCUT2D eigenvalue weighted by atomic mass is 9.95. The Morgan fingerprint density at radius 2 is 1.68 bits per heavy atom. The zero-order valence-electron chi connectivity index (χ0n) is 20.0. The molecule has 0 spiro atoms. The predicted octanol–water partition coefficient (Wildman–Crippen LogP) is 3.95. The van der Waals surface area contributed by atoms with Crippen LogP contribution in [0.15, 0.2) is 48.0 Å². The van der Waals surface area contributed by atoms with Crippen LogP contribution in [0, 0.1) is 0 Å². The van der Waals surface area contributed by atoms with Crippen molar-refractivity contribution in [3.8, 4) is 17.2 Å². The molecule has 0 aliphatic carbocycles. The number of nitrogens with zero attached hydrogens (tertiary/aromatic N) is 1. The summed E-state index contributed by atoms with van der Waals surface area (Å²) in [6, 6.07) is 11.2. The highest BCUT2D eigenvalue weighted by atomic mass is 16.5. The van der Waals surface area contributed by atoms with E-state index in [9.17, 15) is 14.7 Å². The number of hydrogen-bond donors (Lipinski definition) is 1. The number of carbonyl (C=O) groups is 2. The predicted molar refractivity (Wildman–Crippen MR) is 127 cm³/mol. The summed E-state index contributed by atoms with van der Waals surface area (Å²) in [6.45, 7) is 5.44. The highest BCUT2D eigenvalue weighted by molar-refractivity contribution is 6.46. The minimum Gasteiger partial charge on any atom is -0.507 e. The van der Waals surface area contributed by atoms with E-state index in [1.165, 1.54) is 12.0 Å². The van der Waals surface area contributed by atoms with Crippen LogP contribution in [0.5, 0.6) is 17.2 Å². The molecule has 8 nitrogen and oxygen atoms in total. The minimum absolute atomic E-state index is 0.0257. The molecule has 1 amide bonds. The highest BCUT2D eigenvalue weighted by Crippen LogP contribution is 2.42. The lowest BCUT2D eigenvalue weighted by Gasteiger charge is -2.26. The topological polar surface area (TPSA) is 94.5 Å². The molecule has 1 N–H and O–H groups in total. The number of ether oxygens (including phenoxy) is 4. The average molecular weight is 470 g/mol. The fourth-order valence-electron chi connectivity index (χ4n) is 4.00. The van der Waals surface area contributed by atoms with Crippen molar-refractivity contribution in [3.63, 3.8) is 0 Å². The van der Waals surface area contributed by atoms with Gasteiger partial charge in [0, 0.05) is 25.8 Å². The molecule has 1 aliphatic heterocycles. The maximum absolute atomic E-state index is 13.1. The Bertz CT molecular complexity index is 1050. The summed E-state index contributed by atoms with van der Waals surface area (Å²) in [5, 5.41) is 11.2. The fraction of sp³-hybridized carbons (Fsp3) is 0.385. The normalized spacial score (nSPS) is 17.2. The molecule has 3 rings (SSSR count). The van der Waals surface area contributed by atoms with Gasteiger partial charge in [-0.3, -0.25) is 9.59 Å². The molecule has 1 saturated heterocycles. The molecule has 0 saturated carbocycles. The summed E-state index contributed by atoms with van der Waals surface area (Å²) >= 11 is 0. The summed E-state index contributed by atoms with van der Waals surface area (Å²) in [5.41, 5.74) is 1.07. The van der Waals surface area contributed by atoms with Gasteiger partial charge in [-0.05, 0) is 62.2 Å². The molecule has 2 aromatic rings. The zero-order valence-corrected chi connectivity index (χ0v) is 20.0. The van der Waals surface area contributed by atoms with Crippen molar-refractivity contribution >= 4 is 17.4 Å². The first-order valence-electron chi connectivity index (χ1n) is 11.3. The maximum atomic E-state index is 13.1. The van der Waals surface area contributed by atoms with E-state index in [-0.39, 0.29) is 11.3 Å². The van der Waals surface area contributed by atoms with E-state index < -0.39 is 17.7 Å². The Morgan fingerprint density at radius 3 is 2.29 bits per heavy atom. The smallest absolute Gasteiger partial charge is 0.295 e. The van der Waals surface area contributed by atoms with Gasteiger partial charge in [-0.1, -0.05) is 6.07 Å². The zero-order chi connectivity index (χ0) is 24.7. The number of aliphatic hydroxyl groups is 1. The molecule has 1 atom stereocenters. The van der Waals surface area contributed by atoms with Gasteiger partial charge in [-0.25, -0.2) is 0 Å². The van der Waals surface area contributed by atoms with Crippen LogP contribution < -0.4 is 14.2 Å². The van der Waals surface area contributed by atoms with Gasteiger partial charge in [-0.2, -0.15) is 0 Å². The molecular formula is C26H31NO7. The van der Waals surface area contributed by atoms with Crippen molar-refractivity contribution < 1.29 is 33.6 Å². The molecule has 0 aromatic heterocycles. The van der Waals surface area contributed by atoms with Crippen LogP contribution in [0.1, 0.15) is 37.4 Å². The number of hydrogen-bond acceptors (Lipinski definition) is 7. The summed E-state index contributed by atoms with van der Waals surface area (Å²) in [4.78, 5) is 27.6. The minimum atomic E-state index is -0.784. The lowest BCUT2D eigenvalue weighted by Crippen LogP contribution is -2.31. The van der Waals surface area contributed by atoms with E-state index in [1.54, 1.807) is 49.6 Å². The number of carbonyl (C=O) groups excluding carboxylic acids is 2. The van der Waals surface area contributed by atoms with Crippen LogP contribution in [0.25, 0.3) is 5.76 Å². The number of Topliss-reactive ketones (excluding diaryl/α,β-unsaturated/α-hetero) is 1. The molecule has 1 heterocycles. The van der Waals surface area contributed by atoms with Crippen LogP contribution >= 0.6 is 0 Å². The molecule has 0 unspecified atom stereocenters. The Labute approximate surface area is 199 Å². The van der Waals surface area contributed by atoms with E-state index in [1.807, 2.05) is 13.8 Å². The van der Waals surface area contributed by atoms with Gasteiger partial charge < -0.3 is 29.0 Å². The van der Waals surface area contributed by atoms with Gasteiger partial charge in [0.05, 0.1) is 31.9 Å². The third-order valence-electron chi connectivity index (χ3n) is 5.53. The van der Waals surface area contributed by atoms with E-state index in [0.717, 1.165) is 0 Å². The summed E-state index contributed by atoms with van der Waals surface area (Å²) in [5.74, 6) is 0.0305. The van der Waals surface area contributed by atoms with Gasteiger partial charge in [-0.15, -0.1) is 0 Å². The number of methoxy groups -OCH3 is 2. The quantitative estimate of drug-likeness (QED) is 0.230. The van der Waals surface area contributed by atoms with Gasteiger partial charge in [0.15, 0.2) is 11.5 Å². The Balaban J connectivity index is 2.11. The lowest BCUT2D eigenvalue weighted by molar-refractivity contribution is -0.140. The third-order valence-corrected chi connectivity index (χ3v) is 5.53. The average Bonchev–Trinajstić information content (AvgIpc) is 3.10. The number of aliphatic hydroxyl groups excluding tert-OH is 1. The monoisotopic (exact) mass is 469 g/mol. The van der Waals surface area contributed by atoms with Gasteiger partial charge in [0.2, 0.25) is 0 Å². The number of amides is 1. The standard InChI is InChI=1S/C26H31NO7/c1-5-33-19-11-8-17(9-12-19)24(28)22-23(27(14-7-15-31-3)26(30)25(22)29)18-10-13-20(34-6-2)21(16-18)32-4/h8-13,16,23,28H,5-7,14-15H2,1-4H3/t23-/m1/s1. The molecule has 1 fully saturated rings. The number of ketones is 1. The summed E-state index contributed by atoms with van der Waals surface area (Å²) in [7, 11) is 3.10. The van der Waals surface area contributed by atoms with E-state index in [4.69, 9.17) is 18.9 Å². The summed E-state index contributed by atoms with van der Waals surface area (Å²) in [6.07, 6.45) is 0.539. The first-order valence-corrected chi connectivity index (χ1v) is 11.3.